The zero-order chi connectivity index (χ0) is 15.5. The topological polar surface area (TPSA) is 82.1 Å². The van der Waals surface area contributed by atoms with E-state index in [1.807, 2.05) is 32.4 Å². The largest absolute Gasteiger partial charge is 0.381 e. The van der Waals surface area contributed by atoms with Crippen LogP contribution in [0.4, 0.5) is 11.8 Å². The van der Waals surface area contributed by atoms with E-state index in [1.54, 1.807) is 0 Å². The molecule has 3 heterocycles. The van der Waals surface area contributed by atoms with E-state index < -0.39 is 0 Å². The summed E-state index contributed by atoms with van der Waals surface area (Å²) in [7, 11) is 2.02. The second-order valence-electron chi connectivity index (χ2n) is 5.66. The van der Waals surface area contributed by atoms with E-state index in [-0.39, 0.29) is 0 Å². The molecule has 3 rings (SSSR count). The van der Waals surface area contributed by atoms with Gasteiger partial charge in [-0.3, -0.25) is 0 Å². The average molecular weight is 302 g/mol. The van der Waals surface area contributed by atoms with Crippen LogP contribution in [0.25, 0.3) is 0 Å². The number of aromatic nitrogens is 4. The van der Waals surface area contributed by atoms with Crippen molar-refractivity contribution in [3.8, 4) is 0 Å². The first kappa shape index (κ1) is 14.8. The predicted octanol–water partition coefficient (Wildman–Crippen LogP) is 1.20. The van der Waals surface area contributed by atoms with E-state index in [9.17, 15) is 0 Å². The molecule has 0 spiro atoms. The second-order valence-corrected chi connectivity index (χ2v) is 5.66. The number of nitrogen functional groups attached to an aromatic ring is 1. The maximum atomic E-state index is 5.87. The number of hydrogen-bond donors (Lipinski definition) is 1. The van der Waals surface area contributed by atoms with Crippen LogP contribution in [-0.2, 0) is 11.3 Å². The SMILES string of the molecule is Cc1nccn1CCN(C)c1cc(C2CCOC2)nc(N)n1. The van der Waals surface area contributed by atoms with E-state index >= 15 is 0 Å². The Morgan fingerprint density at radius 2 is 2.32 bits per heavy atom. The zero-order valence-corrected chi connectivity index (χ0v) is 13.1. The molecule has 7 heteroatoms. The minimum atomic E-state index is 0.324. The quantitative estimate of drug-likeness (QED) is 0.894. The molecule has 2 aromatic heterocycles. The molecule has 0 amide bonds. The summed E-state index contributed by atoms with van der Waals surface area (Å²) >= 11 is 0. The van der Waals surface area contributed by atoms with Crippen molar-refractivity contribution < 1.29 is 4.74 Å². The van der Waals surface area contributed by atoms with Crippen molar-refractivity contribution in [1.29, 1.82) is 0 Å². The molecule has 0 radical (unpaired) electrons. The van der Waals surface area contributed by atoms with Gasteiger partial charge in [0.2, 0.25) is 5.95 Å². The Balaban J connectivity index is 1.71. The maximum Gasteiger partial charge on any atom is 0.222 e. The van der Waals surface area contributed by atoms with Gasteiger partial charge >= 0.3 is 0 Å². The lowest BCUT2D eigenvalue weighted by atomic mass is 10.0. The van der Waals surface area contributed by atoms with Crippen molar-refractivity contribution in [3.63, 3.8) is 0 Å². The van der Waals surface area contributed by atoms with Crippen LogP contribution in [-0.4, -0.2) is 46.3 Å². The van der Waals surface area contributed by atoms with E-state index in [1.165, 1.54) is 0 Å². The number of ether oxygens (including phenoxy) is 1. The fourth-order valence-electron chi connectivity index (χ4n) is 2.66. The highest BCUT2D eigenvalue weighted by Gasteiger charge is 2.21. The number of likely N-dealkylation sites (N-methyl/N-ethyl adjacent to an activating group) is 1. The van der Waals surface area contributed by atoms with Gasteiger partial charge in [-0.1, -0.05) is 0 Å². The van der Waals surface area contributed by atoms with Gasteiger partial charge in [0.05, 0.1) is 12.3 Å². The van der Waals surface area contributed by atoms with Crippen LogP contribution < -0.4 is 10.6 Å². The smallest absolute Gasteiger partial charge is 0.222 e. The van der Waals surface area contributed by atoms with Crippen LogP contribution in [0.2, 0.25) is 0 Å². The average Bonchev–Trinajstić information content (AvgIpc) is 3.15. The molecule has 118 valence electrons. The van der Waals surface area contributed by atoms with E-state index in [0.717, 1.165) is 43.5 Å². The molecule has 1 saturated heterocycles. The molecular weight excluding hydrogens is 280 g/mol. The third-order valence-corrected chi connectivity index (χ3v) is 4.09. The Morgan fingerprint density at radius 1 is 1.45 bits per heavy atom. The van der Waals surface area contributed by atoms with Gasteiger partial charge in [-0.25, -0.2) is 9.97 Å². The molecule has 0 aliphatic carbocycles. The van der Waals surface area contributed by atoms with Crippen molar-refractivity contribution in [2.75, 3.05) is 37.4 Å². The highest BCUT2D eigenvalue weighted by Crippen LogP contribution is 2.26. The van der Waals surface area contributed by atoms with Crippen LogP contribution in [0, 0.1) is 6.92 Å². The first-order valence-corrected chi connectivity index (χ1v) is 7.54. The molecule has 1 aliphatic heterocycles. The number of anilines is 2. The Bertz CT molecular complexity index is 635. The molecule has 0 aromatic carbocycles. The third-order valence-electron chi connectivity index (χ3n) is 4.09. The Hall–Kier alpha value is -2.15. The van der Waals surface area contributed by atoms with E-state index in [0.29, 0.717) is 18.5 Å². The molecule has 2 N–H and O–H groups in total. The molecule has 1 unspecified atom stereocenters. The molecule has 22 heavy (non-hydrogen) atoms. The van der Waals surface area contributed by atoms with E-state index in [4.69, 9.17) is 10.5 Å². The van der Waals surface area contributed by atoms with Crippen LogP contribution in [0.15, 0.2) is 18.5 Å². The summed E-state index contributed by atoms with van der Waals surface area (Å²) in [5, 5.41) is 0. The van der Waals surface area contributed by atoms with Crippen molar-refractivity contribution in [2.24, 2.45) is 0 Å². The van der Waals surface area contributed by atoms with Gasteiger partial charge in [0.25, 0.3) is 0 Å². The molecule has 7 nitrogen and oxygen atoms in total. The lowest BCUT2D eigenvalue weighted by Gasteiger charge is -2.20. The van der Waals surface area contributed by atoms with Crippen LogP contribution in [0.1, 0.15) is 23.9 Å². The minimum absolute atomic E-state index is 0.324. The molecule has 2 aromatic rings. The first-order valence-electron chi connectivity index (χ1n) is 7.54. The fourth-order valence-corrected chi connectivity index (χ4v) is 2.66. The van der Waals surface area contributed by atoms with E-state index in [2.05, 4.69) is 24.4 Å². The van der Waals surface area contributed by atoms with Gasteiger partial charge in [0, 0.05) is 51.1 Å². The number of rotatable bonds is 5. The molecular formula is C15H22N6O. The monoisotopic (exact) mass is 302 g/mol. The van der Waals surface area contributed by atoms with Crippen molar-refractivity contribution in [2.45, 2.75) is 25.8 Å². The summed E-state index contributed by atoms with van der Waals surface area (Å²) in [5.74, 6) is 2.52. The molecule has 1 atom stereocenters. The van der Waals surface area contributed by atoms with Gasteiger partial charge in [-0.2, -0.15) is 4.98 Å². The van der Waals surface area contributed by atoms with Gasteiger partial charge in [-0.05, 0) is 13.3 Å². The number of imidazole rings is 1. The van der Waals surface area contributed by atoms with Gasteiger partial charge in [0.15, 0.2) is 0 Å². The first-order chi connectivity index (χ1) is 10.6. The van der Waals surface area contributed by atoms with Gasteiger partial charge < -0.3 is 19.9 Å². The standard InChI is InChI=1S/C15H22N6O/c1-11-17-4-5-21(11)7-6-20(2)14-9-13(18-15(16)19-14)12-3-8-22-10-12/h4-5,9,12H,3,6-8,10H2,1-2H3,(H2,16,18,19). The van der Waals surface area contributed by atoms with Crippen LogP contribution >= 0.6 is 0 Å². The lowest BCUT2D eigenvalue weighted by Crippen LogP contribution is -2.24. The summed E-state index contributed by atoms with van der Waals surface area (Å²) < 4.78 is 7.55. The molecule has 1 aliphatic rings. The van der Waals surface area contributed by atoms with Crippen molar-refractivity contribution >= 4 is 11.8 Å². The number of hydrogen-bond acceptors (Lipinski definition) is 6. The summed E-state index contributed by atoms with van der Waals surface area (Å²) in [6.45, 7) is 5.19. The zero-order valence-electron chi connectivity index (χ0n) is 13.1. The summed E-state index contributed by atoms with van der Waals surface area (Å²) in [5.41, 5.74) is 6.85. The fraction of sp³-hybridized carbons (Fsp3) is 0.533. The Labute approximate surface area is 130 Å². The highest BCUT2D eigenvalue weighted by molar-refractivity contribution is 5.43. The van der Waals surface area contributed by atoms with Crippen LogP contribution in [0.5, 0.6) is 0 Å². The highest BCUT2D eigenvalue weighted by atomic mass is 16.5. The summed E-state index contributed by atoms with van der Waals surface area (Å²) in [6, 6.07) is 2.02. The normalized spacial score (nSPS) is 17.8. The minimum Gasteiger partial charge on any atom is -0.381 e. The Kier molecular flexibility index (Phi) is 4.24. The third kappa shape index (κ3) is 3.19. The number of aryl methyl sites for hydroxylation is 1. The molecule has 1 fully saturated rings. The second kappa shape index (κ2) is 6.31. The summed E-state index contributed by atoms with van der Waals surface area (Å²) in [4.78, 5) is 15.0. The number of nitrogens with two attached hydrogens (primary N) is 1. The molecule has 0 bridgehead atoms. The van der Waals surface area contributed by atoms with Crippen LogP contribution in [0.3, 0.4) is 0 Å². The maximum absolute atomic E-state index is 5.87. The number of nitrogens with zero attached hydrogens (tertiary/aromatic N) is 5. The van der Waals surface area contributed by atoms with Crippen molar-refractivity contribution in [1.82, 2.24) is 19.5 Å². The van der Waals surface area contributed by atoms with Gasteiger partial charge in [0.1, 0.15) is 11.6 Å². The van der Waals surface area contributed by atoms with Gasteiger partial charge in [-0.15, -0.1) is 0 Å². The molecule has 0 saturated carbocycles. The summed E-state index contributed by atoms with van der Waals surface area (Å²) in [6.07, 6.45) is 4.79. The Morgan fingerprint density at radius 3 is 3.00 bits per heavy atom. The van der Waals surface area contributed by atoms with Crippen molar-refractivity contribution in [3.05, 3.63) is 30.0 Å². The predicted molar refractivity (Wildman–Crippen MR) is 84.9 cm³/mol. The lowest BCUT2D eigenvalue weighted by molar-refractivity contribution is 0.193.